The molecule has 0 aliphatic carbocycles. The first-order chi connectivity index (χ1) is 10.7. The molecule has 1 fully saturated rings. The molecule has 2 heterocycles. The number of hydrogen-bond donors (Lipinski definition) is 0. The van der Waals surface area contributed by atoms with Crippen LogP contribution in [0, 0.1) is 28.6 Å². The van der Waals surface area contributed by atoms with E-state index in [1.165, 1.54) is 13.0 Å². The van der Waals surface area contributed by atoms with Crippen molar-refractivity contribution in [1.82, 2.24) is 4.90 Å². The molecule has 0 radical (unpaired) electrons. The zero-order valence-corrected chi connectivity index (χ0v) is 14.9. The second-order valence-corrected chi connectivity index (χ2v) is 6.26. The van der Waals surface area contributed by atoms with E-state index >= 15 is 0 Å². The normalized spacial score (nSPS) is 17.7. The molecule has 0 spiro atoms. The summed E-state index contributed by atoms with van der Waals surface area (Å²) >= 11 is 8.93. The van der Waals surface area contributed by atoms with Gasteiger partial charge in [-0.1, -0.05) is 15.9 Å². The van der Waals surface area contributed by atoms with Gasteiger partial charge in [-0.25, -0.2) is 4.57 Å². The minimum Gasteiger partial charge on any atom is -0.301 e. The van der Waals surface area contributed by atoms with Gasteiger partial charge in [0.2, 0.25) is 0 Å². The van der Waals surface area contributed by atoms with E-state index in [1.54, 1.807) is 12.3 Å². The summed E-state index contributed by atoms with van der Waals surface area (Å²) in [6.07, 6.45) is 5.95. The second-order valence-electron chi connectivity index (χ2n) is 5.09. The van der Waals surface area contributed by atoms with Gasteiger partial charge in [0.05, 0.1) is 17.9 Å². The van der Waals surface area contributed by atoms with E-state index in [2.05, 4.69) is 33.0 Å². The number of nitrogens with zero attached hydrogens (tertiary/aromatic N) is 4. The minimum atomic E-state index is 0.280. The zero-order chi connectivity index (χ0) is 16.2. The molecule has 0 aromatic carbocycles. The molecule has 1 aromatic rings. The fraction of sp³-hybridized carbons (Fsp3) is 0.562. The Hall–Kier alpha value is -1.14. The average molecular weight is 385 g/mol. The van der Waals surface area contributed by atoms with Gasteiger partial charge >= 0.3 is 0 Å². The lowest BCUT2D eigenvalue weighted by atomic mass is 10.00. The van der Waals surface area contributed by atoms with Gasteiger partial charge in [0.25, 0.3) is 0 Å². The van der Waals surface area contributed by atoms with Crippen molar-refractivity contribution in [2.45, 2.75) is 19.4 Å². The maximum atomic E-state index is 8.69. The molecular weight excluding hydrogens is 364 g/mol. The summed E-state index contributed by atoms with van der Waals surface area (Å²) < 4.78 is 1.89. The van der Waals surface area contributed by atoms with Gasteiger partial charge in [0.1, 0.15) is 11.6 Å². The summed E-state index contributed by atoms with van der Waals surface area (Å²) in [5.41, 5.74) is 0.664. The Morgan fingerprint density at radius 2 is 2.27 bits per heavy atom. The molecule has 1 aliphatic heterocycles. The fourth-order valence-corrected chi connectivity index (χ4v) is 3.01. The van der Waals surface area contributed by atoms with Crippen LogP contribution in [0.3, 0.4) is 0 Å². The molecule has 22 heavy (non-hydrogen) atoms. The van der Waals surface area contributed by atoms with Gasteiger partial charge in [0.15, 0.2) is 18.9 Å². The van der Waals surface area contributed by atoms with Crippen molar-refractivity contribution in [1.29, 1.82) is 10.5 Å². The van der Waals surface area contributed by atoms with E-state index in [-0.39, 0.29) is 5.92 Å². The summed E-state index contributed by atoms with van der Waals surface area (Å²) in [6, 6.07) is 8.00. The molecule has 1 aromatic heterocycles. The molecule has 1 aliphatic rings. The topological polar surface area (TPSA) is 54.7 Å². The number of rotatable bonds is 4. The highest BCUT2D eigenvalue weighted by Gasteiger charge is 2.18. The third-order valence-electron chi connectivity index (χ3n) is 3.42. The van der Waals surface area contributed by atoms with Crippen LogP contribution in [-0.2, 0) is 6.54 Å². The number of aryl methyl sites for hydroxylation is 1. The van der Waals surface area contributed by atoms with Crippen molar-refractivity contribution >= 4 is 27.5 Å². The van der Waals surface area contributed by atoms with Crippen LogP contribution in [0.1, 0.15) is 18.4 Å². The van der Waals surface area contributed by atoms with Crippen LogP contribution >= 0.6 is 27.5 Å². The van der Waals surface area contributed by atoms with Crippen LogP contribution in [0.25, 0.3) is 0 Å². The summed E-state index contributed by atoms with van der Waals surface area (Å²) in [5.74, 6) is 0.849. The second kappa shape index (κ2) is 11.4. The molecule has 0 bridgehead atoms. The van der Waals surface area contributed by atoms with E-state index < -0.39 is 0 Å². The lowest BCUT2D eigenvalue weighted by Gasteiger charge is -2.28. The van der Waals surface area contributed by atoms with Crippen molar-refractivity contribution in [3.63, 3.8) is 0 Å². The zero-order valence-electron chi connectivity index (χ0n) is 12.6. The smallest absolute Gasteiger partial charge is 0.186 e. The molecule has 1 unspecified atom stereocenters. The predicted octanol–water partition coefficient (Wildman–Crippen LogP) is 2.70. The molecule has 6 heteroatoms. The average Bonchev–Trinajstić information content (AvgIpc) is 2.56. The van der Waals surface area contributed by atoms with Crippen molar-refractivity contribution in [2.24, 2.45) is 5.92 Å². The molecule has 118 valence electrons. The van der Waals surface area contributed by atoms with E-state index in [0.29, 0.717) is 11.4 Å². The number of halogens is 2. The van der Waals surface area contributed by atoms with Crippen LogP contribution in [0.4, 0.5) is 0 Å². The third kappa shape index (κ3) is 7.22. The standard InChI is InChI=1S/C8H13BrN2.C8H8ClN2/c2*9-3-5-11-4-1-2-8(6-10)7-11/h8H,1-5,7H2;1-2,4,7H,3,5H2/q;+1. The van der Waals surface area contributed by atoms with Crippen LogP contribution in [0.15, 0.2) is 24.5 Å². The first kappa shape index (κ1) is 18.9. The lowest BCUT2D eigenvalue weighted by Crippen LogP contribution is -2.35. The van der Waals surface area contributed by atoms with E-state index in [9.17, 15) is 0 Å². The first-order valence-electron chi connectivity index (χ1n) is 7.36. The molecule has 0 saturated carbocycles. The minimum absolute atomic E-state index is 0.280. The Morgan fingerprint density at radius 1 is 1.45 bits per heavy atom. The Morgan fingerprint density at radius 3 is 2.91 bits per heavy atom. The van der Waals surface area contributed by atoms with Crippen LogP contribution in [0.2, 0.25) is 0 Å². The Kier molecular flexibility index (Phi) is 9.82. The molecule has 1 atom stereocenters. The number of pyridine rings is 1. The number of aromatic nitrogens is 1. The number of alkyl halides is 2. The van der Waals surface area contributed by atoms with Crippen LogP contribution in [0.5, 0.6) is 0 Å². The highest BCUT2D eigenvalue weighted by Crippen LogP contribution is 2.14. The van der Waals surface area contributed by atoms with Crippen molar-refractivity contribution < 1.29 is 4.57 Å². The van der Waals surface area contributed by atoms with E-state index in [4.69, 9.17) is 22.1 Å². The summed E-state index contributed by atoms with van der Waals surface area (Å²) in [5, 5.41) is 18.2. The van der Waals surface area contributed by atoms with Crippen LogP contribution < -0.4 is 4.57 Å². The number of piperidine rings is 1. The van der Waals surface area contributed by atoms with Gasteiger partial charge in [-0.3, -0.25) is 0 Å². The highest BCUT2D eigenvalue weighted by atomic mass is 79.9. The first-order valence-corrected chi connectivity index (χ1v) is 9.02. The summed E-state index contributed by atoms with van der Waals surface area (Å²) in [7, 11) is 0. The molecule has 2 rings (SSSR count). The van der Waals surface area contributed by atoms with Gasteiger partial charge in [0, 0.05) is 24.5 Å². The molecule has 4 nitrogen and oxygen atoms in total. The monoisotopic (exact) mass is 383 g/mol. The molecule has 1 saturated heterocycles. The summed E-state index contributed by atoms with van der Waals surface area (Å²) in [6.45, 7) is 3.97. The highest BCUT2D eigenvalue weighted by molar-refractivity contribution is 9.09. The van der Waals surface area contributed by atoms with Gasteiger partial charge < -0.3 is 4.90 Å². The Labute approximate surface area is 146 Å². The van der Waals surface area contributed by atoms with Crippen molar-refractivity contribution in [3.05, 3.63) is 30.1 Å². The molecule has 0 amide bonds. The number of likely N-dealkylation sites (tertiary alicyclic amines) is 1. The maximum Gasteiger partial charge on any atom is 0.186 e. The fourth-order valence-electron chi connectivity index (χ4n) is 2.31. The van der Waals surface area contributed by atoms with Crippen molar-refractivity contribution in [3.8, 4) is 12.1 Å². The Bertz CT molecular complexity index is 522. The largest absolute Gasteiger partial charge is 0.301 e. The van der Waals surface area contributed by atoms with Crippen molar-refractivity contribution in [2.75, 3.05) is 30.8 Å². The van der Waals surface area contributed by atoms with Crippen LogP contribution in [-0.4, -0.2) is 35.7 Å². The summed E-state index contributed by atoms with van der Waals surface area (Å²) in [4.78, 5) is 2.35. The molecular formula is C16H21BrClN4+. The molecule has 0 N–H and O–H groups in total. The SMILES string of the molecule is N#CC1CCCN(CCBr)C1.N#Cc1ccc[n+](CCCl)c1. The number of hydrogen-bond acceptors (Lipinski definition) is 3. The van der Waals surface area contributed by atoms with Gasteiger partial charge in [-0.2, -0.15) is 10.5 Å². The van der Waals surface area contributed by atoms with Gasteiger partial charge in [-0.15, -0.1) is 11.6 Å². The quantitative estimate of drug-likeness (QED) is 0.592. The predicted molar refractivity (Wildman–Crippen MR) is 90.6 cm³/mol. The maximum absolute atomic E-state index is 8.69. The van der Waals surface area contributed by atoms with E-state index in [1.807, 2.05) is 16.8 Å². The number of nitriles is 2. The Balaban J connectivity index is 0.000000220. The lowest BCUT2D eigenvalue weighted by molar-refractivity contribution is -0.692. The van der Waals surface area contributed by atoms with Gasteiger partial charge in [-0.05, 0) is 25.5 Å². The third-order valence-corrected chi connectivity index (χ3v) is 3.94. The van der Waals surface area contributed by atoms with E-state index in [0.717, 1.165) is 31.4 Å².